The molecule has 55 valence electrons. The Morgan fingerprint density at radius 2 is 2.27 bits per heavy atom. The largest absolute Gasteiger partial charge is 0.196 e. The number of halogens is 2. The summed E-state index contributed by atoms with van der Waals surface area (Å²) < 4.78 is 2.63. The second-order valence-corrected chi connectivity index (χ2v) is 3.63. The van der Waals surface area contributed by atoms with Crippen molar-refractivity contribution in [3.63, 3.8) is 0 Å². The second-order valence-electron chi connectivity index (χ2n) is 2.11. The van der Waals surface area contributed by atoms with Gasteiger partial charge in [-0.05, 0) is 12.1 Å². The van der Waals surface area contributed by atoms with Gasteiger partial charge in [-0.3, -0.25) is 0 Å². The van der Waals surface area contributed by atoms with Crippen molar-refractivity contribution in [3.05, 3.63) is 28.9 Å². The van der Waals surface area contributed by atoms with Gasteiger partial charge >= 0.3 is 0 Å². The Balaban J connectivity index is 2.94. The van der Waals surface area contributed by atoms with E-state index in [0.29, 0.717) is 0 Å². The van der Waals surface area contributed by atoms with Crippen molar-refractivity contribution in [2.75, 3.05) is 0 Å². The Bertz CT molecular complexity index is 394. The molecule has 0 N–H and O–H groups in total. The summed E-state index contributed by atoms with van der Waals surface area (Å²) in [5.41, 5.74) is 1.01. The highest BCUT2D eigenvalue weighted by Gasteiger charge is 2.02. The first-order valence-electron chi connectivity index (χ1n) is 3.00. The third-order valence-corrected chi connectivity index (χ3v) is 2.64. The lowest BCUT2D eigenvalue weighted by molar-refractivity contribution is 1.06. The molecule has 0 aliphatic rings. The molecule has 0 saturated carbocycles. The molecule has 0 unspecified atom stereocenters. The van der Waals surface area contributed by atoms with Gasteiger partial charge in [-0.2, -0.15) is 8.81 Å². The van der Waals surface area contributed by atoms with Crippen molar-refractivity contribution in [2.24, 2.45) is 0 Å². The average Bonchev–Trinajstić information content (AvgIpc) is 2.35. The fourth-order valence-electron chi connectivity index (χ4n) is 0.925. The first-order valence-corrected chi connectivity index (χ1v) is 4.50. The minimum Gasteiger partial charge on any atom is -0.196 e. The molecule has 0 aliphatic carbocycles. The van der Waals surface area contributed by atoms with E-state index in [9.17, 15) is 0 Å². The van der Waals surface area contributed by atoms with Crippen LogP contribution in [0.5, 0.6) is 0 Å². The maximum atomic E-state index is 3.93. The van der Waals surface area contributed by atoms with Crippen LogP contribution in [0.3, 0.4) is 0 Å². The Labute approximate surface area is 80.7 Å². The van der Waals surface area contributed by atoms with Crippen LogP contribution in [0.2, 0.25) is 0 Å². The van der Waals surface area contributed by atoms with Crippen molar-refractivity contribution >= 4 is 43.0 Å². The standard InChI is InChI=1S/C7H3Br2N2/c8-6-2-1-3-7-5(6)4-10-11(7)9/h1-3H. The maximum absolute atomic E-state index is 3.93. The quantitative estimate of drug-likeness (QED) is 0.722. The SMILES string of the molecule is Brc1cccc2c1[c]nn2Br. The van der Waals surface area contributed by atoms with Crippen molar-refractivity contribution in [1.29, 1.82) is 0 Å². The summed E-state index contributed by atoms with van der Waals surface area (Å²) in [4.78, 5) is 0. The van der Waals surface area contributed by atoms with Gasteiger partial charge in [-0.1, -0.05) is 22.0 Å². The van der Waals surface area contributed by atoms with Gasteiger partial charge in [-0.15, -0.1) is 0 Å². The van der Waals surface area contributed by atoms with Crippen LogP contribution in [-0.2, 0) is 0 Å². The molecule has 2 nitrogen and oxygen atoms in total. The van der Waals surface area contributed by atoms with E-state index in [1.807, 2.05) is 18.2 Å². The van der Waals surface area contributed by atoms with Gasteiger partial charge in [0.25, 0.3) is 0 Å². The fraction of sp³-hybridized carbons (Fsp3) is 0. The molecule has 4 heteroatoms. The summed E-state index contributed by atoms with van der Waals surface area (Å²) in [5, 5.41) is 4.93. The minimum atomic E-state index is 0.990. The summed E-state index contributed by atoms with van der Waals surface area (Å²) in [6, 6.07) is 5.89. The maximum Gasteiger partial charge on any atom is 0.123 e. The van der Waals surface area contributed by atoms with Crippen molar-refractivity contribution in [2.45, 2.75) is 0 Å². The highest BCUT2D eigenvalue weighted by atomic mass is 79.9. The smallest absolute Gasteiger partial charge is 0.123 e. The number of rotatable bonds is 0. The molecular weight excluding hydrogens is 272 g/mol. The lowest BCUT2D eigenvalue weighted by atomic mass is 10.3. The van der Waals surface area contributed by atoms with E-state index < -0.39 is 0 Å². The van der Waals surface area contributed by atoms with Gasteiger partial charge < -0.3 is 0 Å². The van der Waals surface area contributed by atoms with Gasteiger partial charge in [0.2, 0.25) is 0 Å². The summed E-state index contributed by atoms with van der Waals surface area (Å²) >= 11 is 6.66. The molecule has 2 aromatic rings. The number of hydrogen-bond acceptors (Lipinski definition) is 1. The molecule has 0 saturated heterocycles. The number of fused-ring (bicyclic) bond motifs is 1. The van der Waals surface area contributed by atoms with Crippen molar-refractivity contribution in [1.82, 2.24) is 8.81 Å². The molecule has 11 heavy (non-hydrogen) atoms. The first-order chi connectivity index (χ1) is 5.29. The van der Waals surface area contributed by atoms with E-state index in [4.69, 9.17) is 0 Å². The molecule has 2 rings (SSSR count). The van der Waals surface area contributed by atoms with Crippen LogP contribution in [0.4, 0.5) is 0 Å². The van der Waals surface area contributed by atoms with E-state index in [-0.39, 0.29) is 0 Å². The Kier molecular flexibility index (Phi) is 1.73. The van der Waals surface area contributed by atoms with E-state index in [0.717, 1.165) is 15.4 Å². The zero-order valence-electron chi connectivity index (χ0n) is 5.38. The van der Waals surface area contributed by atoms with Crippen molar-refractivity contribution in [3.8, 4) is 0 Å². The summed E-state index contributed by atoms with van der Waals surface area (Å²) in [6.07, 6.45) is 2.88. The van der Waals surface area contributed by atoms with Gasteiger partial charge in [0.15, 0.2) is 0 Å². The van der Waals surface area contributed by atoms with Gasteiger partial charge in [0, 0.05) is 9.86 Å². The third-order valence-electron chi connectivity index (χ3n) is 1.44. The van der Waals surface area contributed by atoms with Crippen LogP contribution in [0, 0.1) is 6.20 Å². The zero-order valence-corrected chi connectivity index (χ0v) is 8.55. The zero-order chi connectivity index (χ0) is 7.84. The molecule has 0 amide bonds. The normalized spacial score (nSPS) is 10.7. The Morgan fingerprint density at radius 1 is 1.45 bits per heavy atom. The molecule has 1 aromatic carbocycles. The van der Waals surface area contributed by atoms with E-state index in [1.54, 1.807) is 3.71 Å². The molecular formula is C7H3Br2N2. The second kappa shape index (κ2) is 2.60. The fourth-order valence-corrected chi connectivity index (χ4v) is 1.74. The molecule has 0 bridgehead atoms. The third kappa shape index (κ3) is 1.10. The summed E-state index contributed by atoms with van der Waals surface area (Å²) in [6.45, 7) is 0. The van der Waals surface area contributed by atoms with Crippen LogP contribution in [0.15, 0.2) is 22.7 Å². The Morgan fingerprint density at radius 3 is 3.00 bits per heavy atom. The Hall–Kier alpha value is -0.350. The molecule has 1 aromatic heterocycles. The topological polar surface area (TPSA) is 17.8 Å². The predicted molar refractivity (Wildman–Crippen MR) is 50.6 cm³/mol. The first kappa shape index (κ1) is 7.31. The number of aromatic nitrogens is 2. The number of hydrogen-bond donors (Lipinski definition) is 0. The summed E-state index contributed by atoms with van der Waals surface area (Å²) in [7, 11) is 0. The van der Waals surface area contributed by atoms with Crippen LogP contribution in [-0.4, -0.2) is 8.81 Å². The molecule has 0 spiro atoms. The monoisotopic (exact) mass is 273 g/mol. The van der Waals surface area contributed by atoms with E-state index in [2.05, 4.69) is 43.4 Å². The van der Waals surface area contributed by atoms with E-state index in [1.165, 1.54) is 0 Å². The summed E-state index contributed by atoms with van der Waals surface area (Å²) in [5.74, 6) is 0. The molecule has 1 radical (unpaired) electrons. The minimum absolute atomic E-state index is 0.990. The van der Waals surface area contributed by atoms with Crippen LogP contribution in [0.25, 0.3) is 10.9 Å². The van der Waals surface area contributed by atoms with Gasteiger partial charge in [-0.25, -0.2) is 0 Å². The molecule has 0 fully saturated rings. The highest BCUT2D eigenvalue weighted by molar-refractivity contribution is 9.10. The lowest BCUT2D eigenvalue weighted by Crippen LogP contribution is -1.78. The molecule has 1 heterocycles. The molecule has 0 atom stereocenters. The molecule has 0 aliphatic heterocycles. The predicted octanol–water partition coefficient (Wildman–Crippen LogP) is 2.76. The van der Waals surface area contributed by atoms with E-state index >= 15 is 0 Å². The number of benzene rings is 1. The van der Waals surface area contributed by atoms with Gasteiger partial charge in [0.1, 0.15) is 6.20 Å². The average molecular weight is 275 g/mol. The van der Waals surface area contributed by atoms with Gasteiger partial charge in [0.05, 0.1) is 21.7 Å². The van der Waals surface area contributed by atoms with Crippen LogP contribution < -0.4 is 0 Å². The van der Waals surface area contributed by atoms with Crippen LogP contribution >= 0.6 is 32.1 Å². The number of nitrogens with zero attached hydrogens (tertiary/aromatic N) is 2. The lowest BCUT2D eigenvalue weighted by Gasteiger charge is -1.91. The highest BCUT2D eigenvalue weighted by Crippen LogP contribution is 2.23. The van der Waals surface area contributed by atoms with Crippen LogP contribution in [0.1, 0.15) is 0 Å². The van der Waals surface area contributed by atoms with Crippen molar-refractivity contribution < 1.29 is 0 Å².